The van der Waals surface area contributed by atoms with Crippen LogP contribution in [0.3, 0.4) is 0 Å². The monoisotopic (exact) mass is 239 g/mol. The molecule has 2 N–H and O–H groups in total. The van der Waals surface area contributed by atoms with Gasteiger partial charge in [-0.25, -0.2) is 4.98 Å². The van der Waals surface area contributed by atoms with E-state index in [4.69, 9.17) is 4.74 Å². The Kier molecular flexibility index (Phi) is 6.81. The molecule has 17 heavy (non-hydrogen) atoms. The third kappa shape index (κ3) is 5.91. The highest BCUT2D eigenvalue weighted by Crippen LogP contribution is 1.88. The first-order valence-corrected chi connectivity index (χ1v) is 5.76. The van der Waals surface area contributed by atoms with Gasteiger partial charge in [0.25, 0.3) is 0 Å². The van der Waals surface area contributed by atoms with Crippen molar-refractivity contribution in [3.8, 4) is 0 Å². The smallest absolute Gasteiger partial charge is 0.191 e. The van der Waals surface area contributed by atoms with E-state index in [0.717, 1.165) is 32.0 Å². The normalized spacial score (nSPS) is 11.5. The van der Waals surface area contributed by atoms with Gasteiger partial charge >= 0.3 is 0 Å². The Balaban J connectivity index is 2.07. The van der Waals surface area contributed by atoms with Crippen LogP contribution in [-0.2, 0) is 11.3 Å². The Morgan fingerprint density at radius 2 is 2.24 bits per heavy atom. The molecule has 6 nitrogen and oxygen atoms in total. The lowest BCUT2D eigenvalue weighted by molar-refractivity contribution is 0.203. The van der Waals surface area contributed by atoms with Gasteiger partial charge in [-0.05, 0) is 6.42 Å². The van der Waals surface area contributed by atoms with Gasteiger partial charge in [-0.3, -0.25) is 4.99 Å². The van der Waals surface area contributed by atoms with Crippen molar-refractivity contribution in [1.82, 2.24) is 20.2 Å². The van der Waals surface area contributed by atoms with E-state index >= 15 is 0 Å². The molecule has 0 unspecified atom stereocenters. The standard InChI is InChI=1S/C11H21N5O/c1-12-11(15-6-9-17-2)14-4-3-7-16-8-5-13-10-16/h5,8,10H,3-4,6-7,9H2,1-2H3,(H2,12,14,15). The molecule has 0 bridgehead atoms. The number of ether oxygens (including phenoxy) is 1. The van der Waals surface area contributed by atoms with Gasteiger partial charge in [0.05, 0.1) is 12.9 Å². The Hall–Kier alpha value is -1.56. The molecule has 0 aromatic carbocycles. The lowest BCUT2D eigenvalue weighted by Gasteiger charge is -2.11. The van der Waals surface area contributed by atoms with E-state index in [1.54, 1.807) is 20.4 Å². The van der Waals surface area contributed by atoms with Crippen LogP contribution in [0.4, 0.5) is 0 Å². The van der Waals surface area contributed by atoms with Crippen LogP contribution in [0.1, 0.15) is 6.42 Å². The summed E-state index contributed by atoms with van der Waals surface area (Å²) in [6, 6.07) is 0. The summed E-state index contributed by atoms with van der Waals surface area (Å²) >= 11 is 0. The minimum atomic E-state index is 0.676. The van der Waals surface area contributed by atoms with Gasteiger partial charge in [-0.1, -0.05) is 0 Å². The molecule has 0 saturated heterocycles. The molecule has 1 aromatic rings. The van der Waals surface area contributed by atoms with Crippen LogP contribution in [0.5, 0.6) is 0 Å². The lowest BCUT2D eigenvalue weighted by Crippen LogP contribution is -2.39. The number of methoxy groups -OCH3 is 1. The number of aliphatic imine (C=N–C) groups is 1. The number of guanidine groups is 1. The molecule has 0 aliphatic rings. The van der Waals surface area contributed by atoms with Crippen LogP contribution >= 0.6 is 0 Å². The summed E-state index contributed by atoms with van der Waals surface area (Å²) in [4.78, 5) is 8.11. The number of rotatable bonds is 7. The van der Waals surface area contributed by atoms with Crippen molar-refractivity contribution in [3.63, 3.8) is 0 Å². The fourth-order valence-corrected chi connectivity index (χ4v) is 1.38. The highest BCUT2D eigenvalue weighted by Gasteiger charge is 1.96. The highest BCUT2D eigenvalue weighted by molar-refractivity contribution is 5.79. The van der Waals surface area contributed by atoms with E-state index < -0.39 is 0 Å². The van der Waals surface area contributed by atoms with Crippen LogP contribution in [0.15, 0.2) is 23.7 Å². The average molecular weight is 239 g/mol. The van der Waals surface area contributed by atoms with E-state index in [-0.39, 0.29) is 0 Å². The molecule has 1 heterocycles. The van der Waals surface area contributed by atoms with Crippen LogP contribution in [0.25, 0.3) is 0 Å². The molecule has 1 aromatic heterocycles. The van der Waals surface area contributed by atoms with Gasteiger partial charge in [0, 0.05) is 46.2 Å². The zero-order chi connectivity index (χ0) is 12.3. The molecule has 0 spiro atoms. The van der Waals surface area contributed by atoms with Gasteiger partial charge < -0.3 is 19.9 Å². The number of imidazole rings is 1. The molecule has 0 aliphatic carbocycles. The minimum absolute atomic E-state index is 0.676. The number of aryl methyl sites for hydroxylation is 1. The number of nitrogens with one attached hydrogen (secondary N) is 2. The molecule has 0 fully saturated rings. The number of nitrogens with zero attached hydrogens (tertiary/aromatic N) is 3. The van der Waals surface area contributed by atoms with Gasteiger partial charge in [-0.15, -0.1) is 0 Å². The molecular weight excluding hydrogens is 218 g/mol. The Labute approximate surface area is 102 Å². The zero-order valence-electron chi connectivity index (χ0n) is 10.5. The van der Waals surface area contributed by atoms with Crippen molar-refractivity contribution in [2.75, 3.05) is 33.9 Å². The van der Waals surface area contributed by atoms with E-state index in [9.17, 15) is 0 Å². The Bertz CT molecular complexity index is 310. The maximum Gasteiger partial charge on any atom is 0.191 e. The van der Waals surface area contributed by atoms with E-state index in [1.165, 1.54) is 0 Å². The molecule has 6 heteroatoms. The summed E-state index contributed by atoms with van der Waals surface area (Å²) in [6.45, 7) is 3.28. The summed E-state index contributed by atoms with van der Waals surface area (Å²) in [6.07, 6.45) is 6.61. The molecule has 0 aliphatic heterocycles. The SMILES string of the molecule is CN=C(NCCCn1ccnc1)NCCOC. The first kappa shape index (κ1) is 13.5. The van der Waals surface area contributed by atoms with Crippen LogP contribution in [0, 0.1) is 0 Å². The molecule has 0 saturated carbocycles. The average Bonchev–Trinajstić information content (AvgIpc) is 2.85. The largest absolute Gasteiger partial charge is 0.383 e. The fraction of sp³-hybridized carbons (Fsp3) is 0.636. The third-order valence-corrected chi connectivity index (χ3v) is 2.27. The number of hydrogen-bond donors (Lipinski definition) is 2. The van der Waals surface area contributed by atoms with Crippen molar-refractivity contribution in [3.05, 3.63) is 18.7 Å². The Morgan fingerprint density at radius 1 is 1.41 bits per heavy atom. The number of hydrogen-bond acceptors (Lipinski definition) is 3. The molecule has 0 amide bonds. The maximum absolute atomic E-state index is 4.96. The van der Waals surface area contributed by atoms with Gasteiger partial charge in [-0.2, -0.15) is 0 Å². The maximum atomic E-state index is 4.96. The molecule has 96 valence electrons. The zero-order valence-corrected chi connectivity index (χ0v) is 10.5. The van der Waals surface area contributed by atoms with Crippen molar-refractivity contribution in [1.29, 1.82) is 0 Å². The topological polar surface area (TPSA) is 63.5 Å². The molecule has 0 radical (unpaired) electrons. The third-order valence-electron chi connectivity index (χ3n) is 2.27. The van der Waals surface area contributed by atoms with Crippen LogP contribution in [0.2, 0.25) is 0 Å². The second-order valence-electron chi connectivity index (χ2n) is 3.57. The van der Waals surface area contributed by atoms with E-state index in [0.29, 0.717) is 6.61 Å². The van der Waals surface area contributed by atoms with E-state index in [1.807, 2.05) is 12.5 Å². The summed E-state index contributed by atoms with van der Waals surface area (Å²) in [5.74, 6) is 0.813. The van der Waals surface area contributed by atoms with Crippen LogP contribution in [-0.4, -0.2) is 49.4 Å². The molecule has 1 rings (SSSR count). The minimum Gasteiger partial charge on any atom is -0.383 e. The predicted octanol–water partition coefficient (Wildman–Crippen LogP) is 0.0846. The van der Waals surface area contributed by atoms with Gasteiger partial charge in [0.15, 0.2) is 5.96 Å². The van der Waals surface area contributed by atoms with Crippen molar-refractivity contribution in [2.45, 2.75) is 13.0 Å². The van der Waals surface area contributed by atoms with E-state index in [2.05, 4.69) is 25.2 Å². The summed E-state index contributed by atoms with van der Waals surface area (Å²) in [7, 11) is 3.45. The van der Waals surface area contributed by atoms with Gasteiger partial charge in [0.1, 0.15) is 0 Å². The summed E-state index contributed by atoms with van der Waals surface area (Å²) in [5, 5.41) is 6.40. The first-order chi connectivity index (χ1) is 8.36. The lowest BCUT2D eigenvalue weighted by atomic mass is 10.4. The highest BCUT2D eigenvalue weighted by atomic mass is 16.5. The first-order valence-electron chi connectivity index (χ1n) is 5.76. The summed E-state index contributed by atoms with van der Waals surface area (Å²) in [5.41, 5.74) is 0. The van der Waals surface area contributed by atoms with Crippen LogP contribution < -0.4 is 10.6 Å². The van der Waals surface area contributed by atoms with Crippen molar-refractivity contribution < 1.29 is 4.74 Å². The van der Waals surface area contributed by atoms with Crippen molar-refractivity contribution >= 4 is 5.96 Å². The molecular formula is C11H21N5O. The Morgan fingerprint density at radius 3 is 2.88 bits per heavy atom. The van der Waals surface area contributed by atoms with Crippen molar-refractivity contribution in [2.24, 2.45) is 4.99 Å². The molecule has 0 atom stereocenters. The second-order valence-corrected chi connectivity index (χ2v) is 3.57. The summed E-state index contributed by atoms with van der Waals surface area (Å²) < 4.78 is 7.01. The fourth-order valence-electron chi connectivity index (χ4n) is 1.38. The second kappa shape index (κ2) is 8.58. The quantitative estimate of drug-likeness (QED) is 0.402. The van der Waals surface area contributed by atoms with Gasteiger partial charge in [0.2, 0.25) is 0 Å². The number of aromatic nitrogens is 2. The predicted molar refractivity (Wildman–Crippen MR) is 68.1 cm³/mol.